The summed E-state index contributed by atoms with van der Waals surface area (Å²) in [6, 6.07) is 15.6. The van der Waals surface area contributed by atoms with Gasteiger partial charge in [-0.2, -0.15) is 0 Å². The Morgan fingerprint density at radius 1 is 1.12 bits per heavy atom. The lowest BCUT2D eigenvalue weighted by Gasteiger charge is -2.32. The van der Waals surface area contributed by atoms with Gasteiger partial charge in [0.2, 0.25) is 11.8 Å². The molecule has 0 heterocycles. The van der Waals surface area contributed by atoms with Gasteiger partial charge in [0.05, 0.1) is 12.9 Å². The summed E-state index contributed by atoms with van der Waals surface area (Å²) in [4.78, 5) is 28.5. The van der Waals surface area contributed by atoms with E-state index in [1.165, 1.54) is 12.0 Å². The third kappa shape index (κ3) is 8.05. The van der Waals surface area contributed by atoms with E-state index in [0.717, 1.165) is 47.2 Å². The van der Waals surface area contributed by atoms with Crippen molar-refractivity contribution in [1.82, 2.24) is 10.2 Å². The molecule has 3 rings (SSSR count). The van der Waals surface area contributed by atoms with Crippen LogP contribution in [-0.2, 0) is 21.9 Å². The molecule has 1 saturated carbocycles. The fourth-order valence-corrected chi connectivity index (χ4v) is 5.49. The Kier molecular flexibility index (Phi) is 10.8. The van der Waals surface area contributed by atoms with Gasteiger partial charge in [-0.05, 0) is 54.7 Å². The summed E-state index contributed by atoms with van der Waals surface area (Å²) >= 11 is 5.04. The number of nitrogens with zero attached hydrogens (tertiary/aromatic N) is 1. The number of ether oxygens (including phenoxy) is 1. The first-order valence-electron chi connectivity index (χ1n) is 12.0. The Labute approximate surface area is 216 Å². The van der Waals surface area contributed by atoms with E-state index in [4.69, 9.17) is 4.74 Å². The van der Waals surface area contributed by atoms with Crippen LogP contribution in [0.15, 0.2) is 53.0 Å². The molecule has 7 heteroatoms. The molecule has 0 aromatic heterocycles. The average Bonchev–Trinajstić information content (AvgIpc) is 2.85. The number of carbonyl (C=O) groups excluding carboxylic acids is 2. The molecule has 5 nitrogen and oxygen atoms in total. The second kappa shape index (κ2) is 13.8. The van der Waals surface area contributed by atoms with Crippen LogP contribution < -0.4 is 10.1 Å². The third-order valence-electron chi connectivity index (χ3n) is 6.23. The maximum absolute atomic E-state index is 13.4. The van der Waals surface area contributed by atoms with Crippen molar-refractivity contribution in [1.29, 1.82) is 0 Å². The molecule has 2 amide bonds. The number of benzene rings is 2. The monoisotopic (exact) mass is 546 g/mol. The quantitative estimate of drug-likeness (QED) is 0.378. The van der Waals surface area contributed by atoms with Crippen molar-refractivity contribution in [3.05, 3.63) is 64.1 Å². The van der Waals surface area contributed by atoms with E-state index in [9.17, 15) is 9.59 Å². The number of rotatable bonds is 11. The van der Waals surface area contributed by atoms with Gasteiger partial charge in [-0.1, -0.05) is 66.4 Å². The molecular weight excluding hydrogens is 512 g/mol. The molecule has 1 aliphatic rings. The molecule has 0 unspecified atom stereocenters. The van der Waals surface area contributed by atoms with Crippen molar-refractivity contribution in [2.45, 2.75) is 69.8 Å². The lowest BCUT2D eigenvalue weighted by Crippen LogP contribution is -2.52. The van der Waals surface area contributed by atoms with Gasteiger partial charge in [-0.15, -0.1) is 11.8 Å². The van der Waals surface area contributed by atoms with Crippen molar-refractivity contribution in [2.75, 3.05) is 12.9 Å². The average molecular weight is 548 g/mol. The maximum Gasteiger partial charge on any atom is 0.243 e. The number of hydrogen-bond donors (Lipinski definition) is 1. The van der Waals surface area contributed by atoms with Crippen LogP contribution in [0.4, 0.5) is 0 Å². The summed E-state index contributed by atoms with van der Waals surface area (Å²) in [5.74, 6) is 1.76. The second-order valence-corrected chi connectivity index (χ2v) is 10.7. The second-order valence-electron chi connectivity index (χ2n) is 8.76. The van der Waals surface area contributed by atoms with Crippen molar-refractivity contribution < 1.29 is 14.3 Å². The van der Waals surface area contributed by atoms with Gasteiger partial charge >= 0.3 is 0 Å². The largest absolute Gasteiger partial charge is 0.497 e. The van der Waals surface area contributed by atoms with Crippen molar-refractivity contribution >= 4 is 39.5 Å². The van der Waals surface area contributed by atoms with E-state index in [-0.39, 0.29) is 17.9 Å². The van der Waals surface area contributed by atoms with E-state index in [1.807, 2.05) is 43.3 Å². The number of halogens is 1. The molecular formula is C27H35BrN2O3S. The zero-order valence-corrected chi connectivity index (χ0v) is 22.5. The highest BCUT2D eigenvalue weighted by atomic mass is 79.9. The van der Waals surface area contributed by atoms with Gasteiger partial charge in [0.15, 0.2) is 0 Å². The molecule has 184 valence electrons. The van der Waals surface area contributed by atoms with E-state index >= 15 is 0 Å². The fourth-order valence-electron chi connectivity index (χ4n) is 4.35. The number of thioether (sulfide) groups is 1. The number of amides is 2. The summed E-state index contributed by atoms with van der Waals surface area (Å²) < 4.78 is 6.40. The summed E-state index contributed by atoms with van der Waals surface area (Å²) in [7, 11) is 1.63. The number of carbonyl (C=O) groups is 2. The number of hydrogen-bond acceptors (Lipinski definition) is 4. The molecule has 34 heavy (non-hydrogen) atoms. The minimum atomic E-state index is -0.492. The first-order valence-corrected chi connectivity index (χ1v) is 14.0. The zero-order valence-electron chi connectivity index (χ0n) is 20.1. The molecule has 1 atom stereocenters. The van der Waals surface area contributed by atoms with Crippen LogP contribution in [0.2, 0.25) is 0 Å². The molecule has 1 fully saturated rings. The Balaban J connectivity index is 1.71. The first-order chi connectivity index (χ1) is 16.5. The Hall–Kier alpha value is -1.99. The normalized spacial score (nSPS) is 14.9. The van der Waals surface area contributed by atoms with Crippen molar-refractivity contribution in [2.24, 2.45) is 0 Å². The van der Waals surface area contributed by atoms with Gasteiger partial charge < -0.3 is 15.0 Å². The summed E-state index contributed by atoms with van der Waals surface area (Å²) in [6.07, 6.45) is 6.16. The van der Waals surface area contributed by atoms with Crippen LogP contribution in [0, 0.1) is 0 Å². The molecule has 0 radical (unpaired) electrons. The smallest absolute Gasteiger partial charge is 0.243 e. The zero-order chi connectivity index (χ0) is 24.3. The van der Waals surface area contributed by atoms with Crippen LogP contribution in [0.3, 0.4) is 0 Å². The Bertz CT molecular complexity index is 932. The molecule has 1 aliphatic carbocycles. The van der Waals surface area contributed by atoms with Gasteiger partial charge in [0, 0.05) is 22.8 Å². The number of nitrogens with one attached hydrogen (secondary N) is 1. The molecule has 0 bridgehead atoms. The minimum absolute atomic E-state index is 0.0180. The van der Waals surface area contributed by atoms with E-state index in [1.54, 1.807) is 23.8 Å². The highest BCUT2D eigenvalue weighted by molar-refractivity contribution is 9.10. The summed E-state index contributed by atoms with van der Waals surface area (Å²) in [5, 5.41) is 3.23. The van der Waals surface area contributed by atoms with Crippen LogP contribution in [0.1, 0.15) is 56.6 Å². The standard InChI is InChI=1S/C27H35BrN2O3S/c1-3-25(27(32)29-23-9-5-4-6-10-23)30(17-21-8-7-11-24(16-21)33-2)26(31)19-34-18-20-12-14-22(28)15-13-20/h7-8,11-16,23,25H,3-6,9-10,17-19H2,1-2H3,(H,29,32)/t25-/m1/s1. The Morgan fingerprint density at radius 3 is 2.53 bits per heavy atom. The van der Waals surface area contributed by atoms with Gasteiger partial charge in [-0.3, -0.25) is 9.59 Å². The fraction of sp³-hybridized carbons (Fsp3) is 0.481. The SMILES string of the molecule is CC[C@H](C(=O)NC1CCCCC1)N(Cc1cccc(OC)c1)C(=O)CSCc1ccc(Br)cc1. The van der Waals surface area contributed by atoms with E-state index < -0.39 is 6.04 Å². The van der Waals surface area contributed by atoms with Gasteiger partial charge in [0.25, 0.3) is 0 Å². The van der Waals surface area contributed by atoms with E-state index in [0.29, 0.717) is 18.7 Å². The maximum atomic E-state index is 13.4. The highest BCUT2D eigenvalue weighted by Crippen LogP contribution is 2.22. The lowest BCUT2D eigenvalue weighted by molar-refractivity contribution is -0.139. The summed E-state index contributed by atoms with van der Waals surface area (Å²) in [5.41, 5.74) is 2.12. The van der Waals surface area contributed by atoms with Crippen LogP contribution in [-0.4, -0.2) is 41.7 Å². The predicted molar refractivity (Wildman–Crippen MR) is 143 cm³/mol. The van der Waals surface area contributed by atoms with Gasteiger partial charge in [-0.25, -0.2) is 0 Å². The van der Waals surface area contributed by atoms with Crippen molar-refractivity contribution in [3.8, 4) is 5.75 Å². The van der Waals surface area contributed by atoms with Crippen LogP contribution >= 0.6 is 27.7 Å². The number of methoxy groups -OCH3 is 1. The molecule has 1 N–H and O–H groups in total. The van der Waals surface area contributed by atoms with E-state index in [2.05, 4.69) is 33.4 Å². The summed E-state index contributed by atoms with van der Waals surface area (Å²) in [6.45, 7) is 2.36. The minimum Gasteiger partial charge on any atom is -0.497 e. The first kappa shape index (κ1) is 26.6. The highest BCUT2D eigenvalue weighted by Gasteiger charge is 2.30. The third-order valence-corrected chi connectivity index (χ3v) is 7.75. The topological polar surface area (TPSA) is 58.6 Å². The molecule has 2 aromatic carbocycles. The van der Waals surface area contributed by atoms with Gasteiger partial charge in [0.1, 0.15) is 11.8 Å². The molecule has 0 aliphatic heterocycles. The van der Waals surface area contributed by atoms with Crippen LogP contribution in [0.5, 0.6) is 5.75 Å². The van der Waals surface area contributed by atoms with Crippen LogP contribution in [0.25, 0.3) is 0 Å². The molecule has 0 spiro atoms. The van der Waals surface area contributed by atoms with Crippen molar-refractivity contribution in [3.63, 3.8) is 0 Å². The molecule has 0 saturated heterocycles. The molecule has 2 aromatic rings. The lowest BCUT2D eigenvalue weighted by atomic mass is 9.95. The Morgan fingerprint density at radius 2 is 1.85 bits per heavy atom. The predicted octanol–water partition coefficient (Wildman–Crippen LogP) is 5.95.